The highest BCUT2D eigenvalue weighted by Gasteiger charge is 2.15. The maximum atomic E-state index is 13.7. The van der Waals surface area contributed by atoms with Crippen LogP contribution in [0, 0.1) is 12.7 Å². The second-order valence-electron chi connectivity index (χ2n) is 3.58. The fraction of sp³-hybridized carbons (Fsp3) is 0.182. The van der Waals surface area contributed by atoms with Crippen molar-refractivity contribution in [2.45, 2.75) is 6.92 Å². The third-order valence-corrected chi connectivity index (χ3v) is 3.04. The minimum absolute atomic E-state index is 0.326. The molecule has 0 saturated heterocycles. The van der Waals surface area contributed by atoms with Gasteiger partial charge < -0.3 is 10.3 Å². The molecule has 1 aromatic carbocycles. The number of anilines is 1. The highest BCUT2D eigenvalue weighted by molar-refractivity contribution is 9.10. The van der Waals surface area contributed by atoms with E-state index in [9.17, 15) is 4.39 Å². The van der Waals surface area contributed by atoms with Gasteiger partial charge in [0, 0.05) is 17.1 Å². The Labute approximate surface area is 101 Å². The summed E-state index contributed by atoms with van der Waals surface area (Å²) in [4.78, 5) is 4.26. The summed E-state index contributed by atoms with van der Waals surface area (Å²) >= 11 is 3.30. The van der Waals surface area contributed by atoms with Crippen LogP contribution in [0.15, 0.2) is 22.7 Å². The number of aryl methyl sites for hydroxylation is 1. The van der Waals surface area contributed by atoms with Gasteiger partial charge in [-0.25, -0.2) is 9.37 Å². The fourth-order valence-electron chi connectivity index (χ4n) is 1.50. The molecular weight excluding hydrogens is 273 g/mol. The van der Waals surface area contributed by atoms with Gasteiger partial charge in [0.05, 0.1) is 0 Å². The van der Waals surface area contributed by atoms with Crippen molar-refractivity contribution >= 4 is 21.7 Å². The minimum Gasteiger partial charge on any atom is -0.383 e. The van der Waals surface area contributed by atoms with Crippen LogP contribution in [0.5, 0.6) is 0 Å². The molecule has 16 heavy (non-hydrogen) atoms. The summed E-state index contributed by atoms with van der Waals surface area (Å²) in [6.07, 6.45) is 0. The molecule has 2 aromatic rings. The van der Waals surface area contributed by atoms with Crippen LogP contribution in [0.4, 0.5) is 10.2 Å². The van der Waals surface area contributed by atoms with E-state index in [-0.39, 0.29) is 5.82 Å². The Morgan fingerprint density at radius 3 is 2.69 bits per heavy atom. The molecule has 3 nitrogen and oxygen atoms in total. The van der Waals surface area contributed by atoms with Gasteiger partial charge in [0.2, 0.25) is 0 Å². The van der Waals surface area contributed by atoms with E-state index in [4.69, 9.17) is 5.73 Å². The number of hydrogen-bond donors (Lipinski definition) is 1. The predicted octanol–water partition coefficient (Wildman–Crippen LogP) is 2.88. The van der Waals surface area contributed by atoms with E-state index in [0.29, 0.717) is 17.1 Å². The number of halogens is 2. The first-order chi connectivity index (χ1) is 7.50. The van der Waals surface area contributed by atoms with Gasteiger partial charge in [-0.05, 0) is 25.1 Å². The molecule has 0 amide bonds. The van der Waals surface area contributed by atoms with Gasteiger partial charge in [-0.1, -0.05) is 15.9 Å². The van der Waals surface area contributed by atoms with Crippen molar-refractivity contribution < 1.29 is 4.39 Å². The SMILES string of the molecule is Cc1nc(-c2cc(Br)ccc2F)c(N)n1C. The summed E-state index contributed by atoms with van der Waals surface area (Å²) in [5.41, 5.74) is 6.77. The topological polar surface area (TPSA) is 43.8 Å². The van der Waals surface area contributed by atoms with Gasteiger partial charge in [-0.15, -0.1) is 0 Å². The molecule has 1 aromatic heterocycles. The van der Waals surface area contributed by atoms with E-state index in [2.05, 4.69) is 20.9 Å². The van der Waals surface area contributed by atoms with Crippen LogP contribution in [0.2, 0.25) is 0 Å². The number of imidazole rings is 1. The van der Waals surface area contributed by atoms with Gasteiger partial charge in [-0.2, -0.15) is 0 Å². The van der Waals surface area contributed by atoms with Crippen LogP contribution in [-0.4, -0.2) is 9.55 Å². The summed E-state index contributed by atoms with van der Waals surface area (Å²) in [5.74, 6) is 0.898. The van der Waals surface area contributed by atoms with Crippen molar-refractivity contribution in [1.29, 1.82) is 0 Å². The lowest BCUT2D eigenvalue weighted by Gasteiger charge is -2.02. The average Bonchev–Trinajstić information content (AvgIpc) is 2.50. The molecule has 0 unspecified atom stereocenters. The van der Waals surface area contributed by atoms with E-state index in [1.165, 1.54) is 6.07 Å². The summed E-state index contributed by atoms with van der Waals surface area (Å²) in [6, 6.07) is 4.71. The van der Waals surface area contributed by atoms with Crippen molar-refractivity contribution in [3.63, 3.8) is 0 Å². The van der Waals surface area contributed by atoms with E-state index < -0.39 is 0 Å². The third kappa shape index (κ3) is 1.71. The lowest BCUT2D eigenvalue weighted by molar-refractivity contribution is 0.630. The molecule has 1 heterocycles. The van der Waals surface area contributed by atoms with Gasteiger partial charge >= 0.3 is 0 Å². The zero-order valence-corrected chi connectivity index (χ0v) is 10.5. The number of nitrogens with two attached hydrogens (primary N) is 1. The molecule has 2 N–H and O–H groups in total. The second kappa shape index (κ2) is 3.90. The van der Waals surface area contributed by atoms with Crippen LogP contribution in [0.3, 0.4) is 0 Å². The van der Waals surface area contributed by atoms with Crippen molar-refractivity contribution in [3.8, 4) is 11.3 Å². The average molecular weight is 284 g/mol. The predicted molar refractivity (Wildman–Crippen MR) is 65.5 cm³/mol. The number of benzene rings is 1. The Kier molecular flexibility index (Phi) is 2.71. The maximum absolute atomic E-state index is 13.7. The van der Waals surface area contributed by atoms with Crippen molar-refractivity contribution in [2.24, 2.45) is 7.05 Å². The Hall–Kier alpha value is -1.36. The zero-order chi connectivity index (χ0) is 11.9. The number of nitrogen functional groups attached to an aromatic ring is 1. The molecule has 2 rings (SSSR count). The van der Waals surface area contributed by atoms with Crippen LogP contribution in [0.1, 0.15) is 5.82 Å². The van der Waals surface area contributed by atoms with Crippen LogP contribution >= 0.6 is 15.9 Å². The number of rotatable bonds is 1. The summed E-state index contributed by atoms with van der Waals surface area (Å²) in [7, 11) is 1.80. The molecule has 0 saturated carbocycles. The molecule has 0 atom stereocenters. The van der Waals surface area contributed by atoms with Crippen molar-refractivity contribution in [3.05, 3.63) is 34.3 Å². The first-order valence-electron chi connectivity index (χ1n) is 4.75. The molecule has 0 spiro atoms. The van der Waals surface area contributed by atoms with Crippen molar-refractivity contribution in [2.75, 3.05) is 5.73 Å². The van der Waals surface area contributed by atoms with Crippen LogP contribution < -0.4 is 5.73 Å². The van der Waals surface area contributed by atoms with E-state index in [1.807, 2.05) is 6.92 Å². The first kappa shape index (κ1) is 11.1. The van der Waals surface area contributed by atoms with E-state index in [0.717, 1.165) is 10.3 Å². The van der Waals surface area contributed by atoms with Crippen molar-refractivity contribution in [1.82, 2.24) is 9.55 Å². The van der Waals surface area contributed by atoms with Crippen LogP contribution in [-0.2, 0) is 7.05 Å². The fourth-order valence-corrected chi connectivity index (χ4v) is 1.87. The monoisotopic (exact) mass is 283 g/mol. The van der Waals surface area contributed by atoms with E-state index >= 15 is 0 Å². The molecule has 0 aliphatic heterocycles. The van der Waals surface area contributed by atoms with Gasteiger partial charge in [-0.3, -0.25) is 0 Å². The Morgan fingerprint density at radius 2 is 2.12 bits per heavy atom. The molecule has 0 aliphatic rings. The van der Waals surface area contributed by atoms with Gasteiger partial charge in [0.1, 0.15) is 23.2 Å². The smallest absolute Gasteiger partial charge is 0.132 e. The van der Waals surface area contributed by atoms with Gasteiger partial charge in [0.15, 0.2) is 0 Å². The number of hydrogen-bond acceptors (Lipinski definition) is 2. The Bertz CT molecular complexity index is 548. The zero-order valence-electron chi connectivity index (χ0n) is 8.96. The lowest BCUT2D eigenvalue weighted by atomic mass is 10.1. The summed E-state index contributed by atoms with van der Waals surface area (Å²) < 4.78 is 16.2. The highest BCUT2D eigenvalue weighted by atomic mass is 79.9. The summed E-state index contributed by atoms with van der Waals surface area (Å²) in [5, 5.41) is 0. The molecule has 0 aliphatic carbocycles. The normalized spacial score (nSPS) is 10.8. The van der Waals surface area contributed by atoms with Crippen LogP contribution in [0.25, 0.3) is 11.3 Å². The quantitative estimate of drug-likeness (QED) is 0.875. The standard InChI is InChI=1S/C11H11BrFN3/c1-6-15-10(11(14)16(6)2)8-5-7(12)3-4-9(8)13/h3-5H,14H2,1-2H3. The minimum atomic E-state index is -0.326. The van der Waals surface area contributed by atoms with E-state index in [1.54, 1.807) is 23.7 Å². The number of aromatic nitrogens is 2. The third-order valence-electron chi connectivity index (χ3n) is 2.55. The molecule has 5 heteroatoms. The molecule has 0 bridgehead atoms. The Balaban J connectivity index is 2.67. The second-order valence-corrected chi connectivity index (χ2v) is 4.49. The molecule has 0 fully saturated rings. The molecule has 84 valence electrons. The lowest BCUT2D eigenvalue weighted by Crippen LogP contribution is -1.98. The van der Waals surface area contributed by atoms with Gasteiger partial charge in [0.25, 0.3) is 0 Å². The maximum Gasteiger partial charge on any atom is 0.132 e. The highest BCUT2D eigenvalue weighted by Crippen LogP contribution is 2.29. The first-order valence-corrected chi connectivity index (χ1v) is 5.54. The Morgan fingerprint density at radius 1 is 1.44 bits per heavy atom. The largest absolute Gasteiger partial charge is 0.383 e. The molecule has 0 radical (unpaired) electrons. The number of nitrogens with zero attached hydrogens (tertiary/aromatic N) is 2. The summed E-state index contributed by atoms with van der Waals surface area (Å²) in [6.45, 7) is 1.83. The molecular formula is C11H11BrFN3.